The summed E-state index contributed by atoms with van der Waals surface area (Å²) in [6.45, 7) is 0. The van der Waals surface area contributed by atoms with Crippen molar-refractivity contribution in [2.45, 2.75) is 0 Å². The summed E-state index contributed by atoms with van der Waals surface area (Å²) in [5, 5.41) is 0. The van der Waals surface area contributed by atoms with Crippen LogP contribution in [0.5, 0.6) is 0 Å². The van der Waals surface area contributed by atoms with Gasteiger partial charge in [0.1, 0.15) is 0 Å². The van der Waals surface area contributed by atoms with Crippen molar-refractivity contribution >= 4 is 81.4 Å². The van der Waals surface area contributed by atoms with E-state index >= 15 is 0 Å². The third kappa shape index (κ3) is 9.33. The van der Waals surface area contributed by atoms with Crippen LogP contribution in [0.2, 0.25) is 0 Å². The molecule has 0 aliphatic carbocycles. The molecule has 0 aromatic carbocycles. The molecule has 0 spiro atoms. The molecule has 0 N–H and O–H groups in total. The van der Waals surface area contributed by atoms with E-state index in [1.807, 2.05) is 0 Å². The third-order valence-electron chi connectivity index (χ3n) is 0. The van der Waals surface area contributed by atoms with Crippen molar-refractivity contribution in [1.29, 1.82) is 0 Å². The van der Waals surface area contributed by atoms with E-state index in [9.17, 15) is 0 Å². The van der Waals surface area contributed by atoms with Gasteiger partial charge in [-0.25, -0.2) is 0 Å². The number of hydrogen-bond donors (Lipinski definition) is 0. The van der Waals surface area contributed by atoms with Crippen molar-refractivity contribution in [3.63, 3.8) is 0 Å². The first-order valence-electron chi connectivity index (χ1n) is 0. The molecule has 0 atom stereocenters. The summed E-state index contributed by atoms with van der Waals surface area (Å²) < 4.78 is 0. The number of hydrogen-bond acceptors (Lipinski definition) is 0. The van der Waals surface area contributed by atoms with E-state index in [-0.39, 0.29) is 118 Å². The molecule has 0 saturated heterocycles. The topological polar surface area (TPSA) is 0 Å². The monoisotopic (exact) mass is 411 g/mol. The van der Waals surface area contributed by atoms with Gasteiger partial charge in [0.05, 0.1) is 0 Å². The van der Waals surface area contributed by atoms with Crippen LogP contribution < -0.4 is 0 Å². The molecule has 0 aromatic rings. The molecule has 0 rings (SSSR count). The van der Waals surface area contributed by atoms with Gasteiger partial charge in [-0.05, 0) is 0 Å². The van der Waals surface area contributed by atoms with Gasteiger partial charge in [-0.15, -0.1) is 0 Å². The maximum atomic E-state index is 0. The van der Waals surface area contributed by atoms with Crippen LogP contribution in [0.25, 0.3) is 0 Å². The molecule has 0 heterocycles. The Kier molecular flexibility index (Phi) is 97.3. The first-order valence-corrected chi connectivity index (χ1v) is 0. The van der Waals surface area contributed by atoms with Crippen LogP contribution in [-0.4, -0.2) is 81.4 Å². The zero-order chi connectivity index (χ0) is 0. The second-order valence-corrected chi connectivity index (χ2v) is 0. The summed E-state index contributed by atoms with van der Waals surface area (Å²) >= 11 is 0. The molecule has 0 aromatic heterocycles. The molecule has 0 bridgehead atoms. The van der Waals surface area contributed by atoms with Gasteiger partial charge in [0.2, 0.25) is 0 Å². The molecule has 4 heteroatoms. The SMILES string of the molecule is [CaH2].[GaH3].[Lu].[SnH2]. The minimum absolute atomic E-state index is 0. The summed E-state index contributed by atoms with van der Waals surface area (Å²) in [5.74, 6) is 0. The molecule has 0 nitrogen and oxygen atoms in total. The normalized spacial score (nSPS) is 0. The van der Waals surface area contributed by atoms with Crippen LogP contribution in [0, 0.1) is 36.9 Å². The van der Waals surface area contributed by atoms with Crippen LogP contribution in [0.4, 0.5) is 0 Å². The van der Waals surface area contributed by atoms with Gasteiger partial charge >= 0.3 is 81.4 Å². The second-order valence-electron chi connectivity index (χ2n) is 0. The van der Waals surface area contributed by atoms with Gasteiger partial charge in [-0.1, -0.05) is 0 Å². The van der Waals surface area contributed by atoms with Gasteiger partial charge in [-0.3, -0.25) is 0 Å². The quantitative estimate of drug-likeness (QED) is 0.373. The predicted molar refractivity (Wildman–Crippen MR) is 27.0 cm³/mol. The van der Waals surface area contributed by atoms with Crippen molar-refractivity contribution in [2.75, 3.05) is 0 Å². The zero-order valence-electron chi connectivity index (χ0n) is 0.965. The summed E-state index contributed by atoms with van der Waals surface area (Å²) in [7, 11) is 0. The average molecular weight is 411 g/mol. The molecule has 0 aliphatic rings. The van der Waals surface area contributed by atoms with E-state index in [2.05, 4.69) is 0 Å². The Morgan fingerprint density at radius 1 is 1.00 bits per heavy atom. The second kappa shape index (κ2) is 15.8. The third-order valence-corrected chi connectivity index (χ3v) is 0. The van der Waals surface area contributed by atoms with Gasteiger partial charge in [-0.2, -0.15) is 0 Å². The van der Waals surface area contributed by atoms with E-state index in [1.165, 1.54) is 0 Å². The molecule has 3 radical (unpaired) electrons. The van der Waals surface area contributed by atoms with E-state index in [1.54, 1.807) is 0 Å². The first-order chi connectivity index (χ1) is 0. The number of rotatable bonds is 0. The van der Waals surface area contributed by atoms with Crippen LogP contribution >= 0.6 is 0 Å². The van der Waals surface area contributed by atoms with Crippen LogP contribution in [-0.2, 0) is 0 Å². The Labute approximate surface area is 115 Å². The molecule has 0 aliphatic heterocycles. The molecule has 0 unspecified atom stereocenters. The first kappa shape index (κ1) is 24.7. The molecular weight excluding hydrogens is 403 g/mol. The minimum atomic E-state index is 0. The molecule has 4 heavy (non-hydrogen) atoms. The maximum absolute atomic E-state index is 0. The van der Waals surface area contributed by atoms with Crippen molar-refractivity contribution in [3.8, 4) is 0 Å². The summed E-state index contributed by atoms with van der Waals surface area (Å²) in [5.41, 5.74) is 0. The Hall–Kier alpha value is 3.93. The van der Waals surface area contributed by atoms with Gasteiger partial charge < -0.3 is 0 Å². The van der Waals surface area contributed by atoms with E-state index in [0.29, 0.717) is 0 Å². The Bertz CT molecular complexity index is 8.00. The van der Waals surface area contributed by atoms with Gasteiger partial charge in [0.25, 0.3) is 0 Å². The average Bonchev–Trinajstić information content (AvgIpc) is 0. The summed E-state index contributed by atoms with van der Waals surface area (Å²) in [6, 6.07) is 0. The van der Waals surface area contributed by atoms with Crippen LogP contribution in [0.3, 0.4) is 0 Å². The molecule has 0 fully saturated rings. The molecule has 0 saturated carbocycles. The fourth-order valence-corrected chi connectivity index (χ4v) is 0. The fourth-order valence-electron chi connectivity index (χ4n) is 0. The summed E-state index contributed by atoms with van der Waals surface area (Å²) in [4.78, 5) is 0. The zero-order valence-corrected chi connectivity index (χ0v) is 6.66. The van der Waals surface area contributed by atoms with Gasteiger partial charge in [0, 0.05) is 36.9 Å². The Balaban J connectivity index is 0. The molecular formula is H7CaGaLuSn. The fraction of sp³-hybridized carbons (Fsp3) is 0. The standard InChI is InChI=1S/Ca.Ga.Lu.Sn.7H. The molecule has 31 valence electrons. The summed E-state index contributed by atoms with van der Waals surface area (Å²) in [6.07, 6.45) is 0. The van der Waals surface area contributed by atoms with Gasteiger partial charge in [0.15, 0.2) is 0 Å². The van der Waals surface area contributed by atoms with E-state index in [4.69, 9.17) is 0 Å². The Morgan fingerprint density at radius 3 is 1.00 bits per heavy atom. The van der Waals surface area contributed by atoms with Crippen molar-refractivity contribution in [3.05, 3.63) is 0 Å². The van der Waals surface area contributed by atoms with Crippen molar-refractivity contribution in [1.82, 2.24) is 0 Å². The van der Waals surface area contributed by atoms with Crippen molar-refractivity contribution < 1.29 is 36.9 Å². The van der Waals surface area contributed by atoms with E-state index in [0.717, 1.165) is 0 Å². The predicted octanol–water partition coefficient (Wildman–Crippen LogP) is -3.02. The van der Waals surface area contributed by atoms with Crippen molar-refractivity contribution in [2.24, 2.45) is 0 Å². The van der Waals surface area contributed by atoms with Crippen LogP contribution in [0.1, 0.15) is 0 Å². The molecule has 0 amide bonds. The Morgan fingerprint density at radius 2 is 1.00 bits per heavy atom. The van der Waals surface area contributed by atoms with Crippen LogP contribution in [0.15, 0.2) is 0 Å². The van der Waals surface area contributed by atoms with E-state index < -0.39 is 0 Å².